The van der Waals surface area contributed by atoms with E-state index < -0.39 is 22.0 Å². The Bertz CT molecular complexity index is 1110. The lowest BCUT2D eigenvalue weighted by Gasteiger charge is -2.28. The van der Waals surface area contributed by atoms with Crippen molar-refractivity contribution in [2.45, 2.75) is 71.0 Å². The standard InChI is InChI=1S/C23H30N2O5S/c1-7-24-16(4)20(15(3)21(24)23(27)30-6)22(26)17(5)25(18-10-11-18)31(28,29)19-12-8-14(2)9-13-19/h8-9,12-13,17-18H,7,10-11H2,1-6H3/t17-/m1/s1. The molecule has 31 heavy (non-hydrogen) atoms. The number of Topliss-reactive ketones (excluding diaryl/α,β-unsaturated/α-hetero) is 1. The minimum atomic E-state index is -3.85. The molecular formula is C23H30N2O5S. The SMILES string of the molecule is CCn1c(C)c(C(=O)[C@@H](C)N(C2CC2)S(=O)(=O)c2ccc(C)cc2)c(C)c1C(=O)OC. The summed E-state index contributed by atoms with van der Waals surface area (Å²) in [4.78, 5) is 26.1. The zero-order valence-electron chi connectivity index (χ0n) is 18.9. The molecule has 0 aliphatic heterocycles. The van der Waals surface area contributed by atoms with Crippen LogP contribution in [0, 0.1) is 20.8 Å². The fourth-order valence-electron chi connectivity index (χ4n) is 4.22. The van der Waals surface area contributed by atoms with Gasteiger partial charge in [-0.1, -0.05) is 17.7 Å². The summed E-state index contributed by atoms with van der Waals surface area (Å²) in [6.45, 7) is 9.39. The molecule has 0 N–H and O–H groups in total. The van der Waals surface area contributed by atoms with Crippen molar-refractivity contribution < 1.29 is 22.7 Å². The van der Waals surface area contributed by atoms with Gasteiger partial charge in [0.15, 0.2) is 5.78 Å². The number of ketones is 1. The molecule has 1 heterocycles. The molecule has 1 fully saturated rings. The van der Waals surface area contributed by atoms with Crippen LogP contribution in [0.1, 0.15) is 64.4 Å². The number of carbonyl (C=O) groups excluding carboxylic acids is 2. The third-order valence-corrected chi connectivity index (χ3v) is 8.01. The van der Waals surface area contributed by atoms with Crippen molar-refractivity contribution in [1.29, 1.82) is 0 Å². The molecule has 1 atom stereocenters. The molecule has 0 saturated heterocycles. The van der Waals surface area contributed by atoms with Gasteiger partial charge >= 0.3 is 5.97 Å². The maximum Gasteiger partial charge on any atom is 0.354 e. The third kappa shape index (κ3) is 4.06. The Hall–Kier alpha value is -2.45. The van der Waals surface area contributed by atoms with Gasteiger partial charge in [0.05, 0.1) is 18.0 Å². The van der Waals surface area contributed by atoms with E-state index in [0.29, 0.717) is 29.1 Å². The summed E-state index contributed by atoms with van der Waals surface area (Å²) in [6.07, 6.45) is 1.45. The Morgan fingerprint density at radius 2 is 1.74 bits per heavy atom. The van der Waals surface area contributed by atoms with Crippen LogP contribution in [0.2, 0.25) is 0 Å². The first-order chi connectivity index (χ1) is 14.6. The number of carbonyl (C=O) groups is 2. The fourth-order valence-corrected chi connectivity index (χ4v) is 6.06. The van der Waals surface area contributed by atoms with Gasteiger partial charge in [-0.15, -0.1) is 0 Å². The first-order valence-corrected chi connectivity index (χ1v) is 11.9. The molecule has 1 aromatic heterocycles. The number of aryl methyl sites for hydroxylation is 1. The number of methoxy groups -OCH3 is 1. The van der Waals surface area contributed by atoms with Gasteiger partial charge < -0.3 is 9.30 Å². The second-order valence-electron chi connectivity index (χ2n) is 8.09. The molecule has 2 aromatic rings. The van der Waals surface area contributed by atoms with Gasteiger partial charge in [0, 0.05) is 23.8 Å². The van der Waals surface area contributed by atoms with E-state index >= 15 is 0 Å². The zero-order valence-corrected chi connectivity index (χ0v) is 19.7. The fraction of sp³-hybridized carbons (Fsp3) is 0.478. The Kier molecular flexibility index (Phi) is 6.43. The number of sulfonamides is 1. The van der Waals surface area contributed by atoms with Crippen LogP contribution in [0.15, 0.2) is 29.2 Å². The van der Waals surface area contributed by atoms with Crippen molar-refractivity contribution in [2.75, 3.05) is 7.11 Å². The highest BCUT2D eigenvalue weighted by molar-refractivity contribution is 7.89. The summed E-state index contributed by atoms with van der Waals surface area (Å²) >= 11 is 0. The number of benzene rings is 1. The topological polar surface area (TPSA) is 85.7 Å². The largest absolute Gasteiger partial charge is 0.464 e. The average Bonchev–Trinajstić information content (AvgIpc) is 3.52. The van der Waals surface area contributed by atoms with Gasteiger partial charge in [-0.05, 0) is 65.2 Å². The van der Waals surface area contributed by atoms with Crippen LogP contribution >= 0.6 is 0 Å². The van der Waals surface area contributed by atoms with Gasteiger partial charge in [-0.3, -0.25) is 4.79 Å². The van der Waals surface area contributed by atoms with Crippen LogP contribution in [0.3, 0.4) is 0 Å². The molecule has 3 rings (SSSR count). The summed E-state index contributed by atoms with van der Waals surface area (Å²) in [7, 11) is -2.55. The first-order valence-electron chi connectivity index (χ1n) is 10.5. The predicted octanol–water partition coefficient (Wildman–Crippen LogP) is 3.64. The van der Waals surface area contributed by atoms with Crippen molar-refractivity contribution in [3.05, 3.63) is 52.3 Å². The summed E-state index contributed by atoms with van der Waals surface area (Å²) in [6, 6.07) is 5.58. The molecule has 0 spiro atoms. The predicted molar refractivity (Wildman–Crippen MR) is 118 cm³/mol. The van der Waals surface area contributed by atoms with Crippen LogP contribution in [0.5, 0.6) is 0 Å². The first kappa shape index (κ1) is 23.2. The van der Waals surface area contributed by atoms with Gasteiger partial charge in [-0.2, -0.15) is 4.31 Å². The lowest BCUT2D eigenvalue weighted by molar-refractivity contribution is 0.0587. The minimum Gasteiger partial charge on any atom is -0.464 e. The third-order valence-electron chi connectivity index (χ3n) is 5.97. The van der Waals surface area contributed by atoms with Gasteiger partial charge in [0.25, 0.3) is 0 Å². The maximum atomic E-state index is 13.6. The van der Waals surface area contributed by atoms with Gasteiger partial charge in [-0.25, -0.2) is 13.2 Å². The van der Waals surface area contributed by atoms with E-state index in [2.05, 4.69) is 0 Å². The van der Waals surface area contributed by atoms with Crippen LogP contribution in [0.25, 0.3) is 0 Å². The number of aromatic nitrogens is 1. The number of rotatable bonds is 8. The van der Waals surface area contributed by atoms with Crippen LogP contribution in [0.4, 0.5) is 0 Å². The maximum absolute atomic E-state index is 13.6. The van der Waals surface area contributed by atoms with E-state index in [1.54, 1.807) is 49.6 Å². The lowest BCUT2D eigenvalue weighted by atomic mass is 10.0. The second kappa shape index (κ2) is 8.59. The van der Waals surface area contributed by atoms with Crippen LogP contribution < -0.4 is 0 Å². The van der Waals surface area contributed by atoms with E-state index in [9.17, 15) is 18.0 Å². The highest BCUT2D eigenvalue weighted by Crippen LogP contribution is 2.36. The Morgan fingerprint density at radius 1 is 1.16 bits per heavy atom. The van der Waals surface area contributed by atoms with E-state index in [-0.39, 0.29) is 16.7 Å². The number of nitrogens with zero attached hydrogens (tertiary/aromatic N) is 2. The molecule has 0 amide bonds. The van der Waals surface area contributed by atoms with Crippen molar-refractivity contribution in [3.63, 3.8) is 0 Å². The van der Waals surface area contributed by atoms with E-state index in [4.69, 9.17) is 4.74 Å². The van der Waals surface area contributed by atoms with Crippen molar-refractivity contribution in [2.24, 2.45) is 0 Å². The minimum absolute atomic E-state index is 0.180. The Balaban J connectivity index is 2.06. The van der Waals surface area contributed by atoms with E-state index in [1.807, 2.05) is 13.8 Å². The molecule has 0 radical (unpaired) electrons. The number of ether oxygens (including phenoxy) is 1. The molecule has 7 nitrogen and oxygen atoms in total. The molecule has 8 heteroatoms. The summed E-state index contributed by atoms with van der Waals surface area (Å²) in [5.74, 6) is -0.824. The number of hydrogen-bond donors (Lipinski definition) is 0. The number of hydrogen-bond acceptors (Lipinski definition) is 5. The van der Waals surface area contributed by atoms with Crippen molar-refractivity contribution in [3.8, 4) is 0 Å². The smallest absolute Gasteiger partial charge is 0.354 e. The Morgan fingerprint density at radius 3 is 2.23 bits per heavy atom. The summed E-state index contributed by atoms with van der Waals surface area (Å²) in [5.41, 5.74) is 2.84. The van der Waals surface area contributed by atoms with Crippen LogP contribution in [-0.4, -0.2) is 48.2 Å². The average molecular weight is 447 g/mol. The monoisotopic (exact) mass is 446 g/mol. The molecule has 1 aliphatic carbocycles. The van der Waals surface area contributed by atoms with E-state index in [1.165, 1.54) is 11.4 Å². The molecular weight excluding hydrogens is 416 g/mol. The van der Waals surface area contributed by atoms with Crippen molar-refractivity contribution in [1.82, 2.24) is 8.87 Å². The normalized spacial score (nSPS) is 15.2. The Labute approximate surface area is 184 Å². The molecule has 1 aliphatic rings. The quantitative estimate of drug-likeness (QED) is 0.456. The van der Waals surface area contributed by atoms with Crippen molar-refractivity contribution >= 4 is 21.8 Å². The molecule has 1 aromatic carbocycles. The molecule has 168 valence electrons. The molecule has 0 unspecified atom stereocenters. The summed E-state index contributed by atoms with van der Waals surface area (Å²) in [5, 5.41) is 0. The van der Waals surface area contributed by atoms with Gasteiger partial charge in [0.1, 0.15) is 5.69 Å². The summed E-state index contributed by atoms with van der Waals surface area (Å²) < 4.78 is 34.9. The lowest BCUT2D eigenvalue weighted by Crippen LogP contribution is -2.45. The molecule has 0 bridgehead atoms. The highest BCUT2D eigenvalue weighted by atomic mass is 32.2. The van der Waals surface area contributed by atoms with E-state index in [0.717, 1.165) is 18.4 Å². The van der Waals surface area contributed by atoms with Gasteiger partial charge in [0.2, 0.25) is 10.0 Å². The molecule has 1 saturated carbocycles. The highest BCUT2D eigenvalue weighted by Gasteiger charge is 2.44. The van der Waals surface area contributed by atoms with Crippen LogP contribution in [-0.2, 0) is 21.3 Å². The number of esters is 1. The second-order valence-corrected chi connectivity index (χ2v) is 9.93. The zero-order chi connectivity index (χ0) is 23.1.